The van der Waals surface area contributed by atoms with Crippen LogP contribution in [0.25, 0.3) is 0 Å². The summed E-state index contributed by atoms with van der Waals surface area (Å²) >= 11 is 0. The number of nitrogens with one attached hydrogen (secondary N) is 1. The first-order valence-corrected chi connectivity index (χ1v) is 10.2. The fourth-order valence-corrected chi connectivity index (χ4v) is 3.72. The Morgan fingerprint density at radius 3 is 2.59 bits per heavy atom. The predicted molar refractivity (Wildman–Crippen MR) is 110 cm³/mol. The van der Waals surface area contributed by atoms with E-state index < -0.39 is 5.60 Å². The molecule has 0 unspecified atom stereocenters. The molecule has 0 saturated carbocycles. The molecule has 1 fully saturated rings. The van der Waals surface area contributed by atoms with Crippen LogP contribution in [0.15, 0.2) is 24.3 Å². The summed E-state index contributed by atoms with van der Waals surface area (Å²) in [4.78, 5) is 15.1. The molecular formula is C22H36N2O3. The average Bonchev–Trinajstić information content (AvgIpc) is 2.64. The number of carbonyl (C=O) groups excluding carboxylic acids is 1. The zero-order valence-corrected chi connectivity index (χ0v) is 17.6. The minimum Gasteiger partial charge on any atom is -0.492 e. The molecule has 152 valence electrons. The third kappa shape index (κ3) is 6.51. The minimum absolute atomic E-state index is 0.119. The van der Waals surface area contributed by atoms with Crippen molar-refractivity contribution in [1.29, 1.82) is 0 Å². The molecule has 2 atom stereocenters. The van der Waals surface area contributed by atoms with Crippen molar-refractivity contribution in [3.63, 3.8) is 0 Å². The lowest BCUT2D eigenvalue weighted by molar-refractivity contribution is -0.137. The molecule has 5 nitrogen and oxygen atoms in total. The zero-order chi connectivity index (χ0) is 19.9. The van der Waals surface area contributed by atoms with Crippen LogP contribution in [0.3, 0.4) is 0 Å². The number of nitrogens with zero attached hydrogens (tertiary/aromatic N) is 1. The molecule has 2 rings (SSSR count). The van der Waals surface area contributed by atoms with E-state index in [-0.39, 0.29) is 5.91 Å². The van der Waals surface area contributed by atoms with Crippen molar-refractivity contribution >= 4 is 11.6 Å². The van der Waals surface area contributed by atoms with Gasteiger partial charge in [-0.1, -0.05) is 20.3 Å². The normalized spacial score (nSPS) is 20.3. The maximum Gasteiger partial charge on any atom is 0.256 e. The molecule has 0 spiro atoms. The number of anilines is 1. The lowest BCUT2D eigenvalue weighted by Crippen LogP contribution is -2.43. The van der Waals surface area contributed by atoms with E-state index in [9.17, 15) is 4.79 Å². The number of carbonyl (C=O) groups is 1. The van der Waals surface area contributed by atoms with Crippen LogP contribution in [-0.2, 0) is 9.53 Å². The largest absolute Gasteiger partial charge is 0.492 e. The van der Waals surface area contributed by atoms with E-state index in [1.54, 1.807) is 7.11 Å². The summed E-state index contributed by atoms with van der Waals surface area (Å²) in [6, 6.07) is 8.22. The highest BCUT2D eigenvalue weighted by Crippen LogP contribution is 2.23. The minimum atomic E-state index is -0.825. The van der Waals surface area contributed by atoms with E-state index in [4.69, 9.17) is 9.47 Å². The average molecular weight is 377 g/mol. The number of likely N-dealkylation sites (tertiary alicyclic amines) is 1. The van der Waals surface area contributed by atoms with Crippen molar-refractivity contribution in [2.24, 2.45) is 5.92 Å². The second-order valence-corrected chi connectivity index (χ2v) is 8.24. The molecule has 1 aromatic rings. The monoisotopic (exact) mass is 376 g/mol. The molecule has 1 amide bonds. The highest BCUT2D eigenvalue weighted by molar-refractivity contribution is 5.97. The molecule has 1 aliphatic heterocycles. The first-order valence-electron chi connectivity index (χ1n) is 10.2. The lowest BCUT2D eigenvalue weighted by Gasteiger charge is -2.33. The van der Waals surface area contributed by atoms with Crippen molar-refractivity contribution in [3.8, 4) is 5.75 Å². The van der Waals surface area contributed by atoms with Crippen molar-refractivity contribution in [1.82, 2.24) is 4.90 Å². The maximum absolute atomic E-state index is 12.6. The third-order valence-electron chi connectivity index (χ3n) is 5.43. The van der Waals surface area contributed by atoms with Gasteiger partial charge in [-0.2, -0.15) is 0 Å². The summed E-state index contributed by atoms with van der Waals surface area (Å²) < 4.78 is 11.4. The summed E-state index contributed by atoms with van der Waals surface area (Å²) in [7, 11) is 1.59. The Morgan fingerprint density at radius 2 is 2.00 bits per heavy atom. The molecular weight excluding hydrogens is 340 g/mol. The summed E-state index contributed by atoms with van der Waals surface area (Å²) in [6.07, 6.45) is 4.58. The summed E-state index contributed by atoms with van der Waals surface area (Å²) in [6.45, 7) is 11.1. The quantitative estimate of drug-likeness (QED) is 0.697. The first kappa shape index (κ1) is 21.7. The molecule has 1 aromatic carbocycles. The van der Waals surface area contributed by atoms with Gasteiger partial charge in [-0.05, 0) is 69.8 Å². The Bertz CT molecular complexity index is 588. The van der Waals surface area contributed by atoms with Crippen LogP contribution in [0, 0.1) is 5.92 Å². The van der Waals surface area contributed by atoms with E-state index in [1.165, 1.54) is 25.8 Å². The van der Waals surface area contributed by atoms with Crippen LogP contribution in [0.2, 0.25) is 0 Å². The fourth-order valence-electron chi connectivity index (χ4n) is 3.72. The molecule has 1 heterocycles. The van der Waals surface area contributed by atoms with Gasteiger partial charge in [0.25, 0.3) is 5.91 Å². The molecule has 0 aliphatic carbocycles. The van der Waals surface area contributed by atoms with E-state index in [0.717, 1.165) is 18.0 Å². The highest BCUT2D eigenvalue weighted by atomic mass is 16.5. The Balaban J connectivity index is 1.83. The summed E-state index contributed by atoms with van der Waals surface area (Å²) in [5.74, 6) is 1.08. The SMILES string of the molecule is CO[C@@](C)(CC(C)C)C(=O)Nc1ccc(OCCN2CCCC[C@H]2C)cc1. The van der Waals surface area contributed by atoms with Crippen LogP contribution in [-0.4, -0.2) is 49.3 Å². The molecule has 0 radical (unpaired) electrons. The number of methoxy groups -OCH3 is 1. The van der Waals surface area contributed by atoms with Crippen molar-refractivity contribution < 1.29 is 14.3 Å². The van der Waals surface area contributed by atoms with Gasteiger partial charge >= 0.3 is 0 Å². The molecule has 1 N–H and O–H groups in total. The van der Waals surface area contributed by atoms with Gasteiger partial charge in [0.05, 0.1) is 0 Å². The van der Waals surface area contributed by atoms with E-state index >= 15 is 0 Å². The van der Waals surface area contributed by atoms with Gasteiger partial charge in [-0.15, -0.1) is 0 Å². The molecule has 0 bridgehead atoms. The predicted octanol–water partition coefficient (Wildman–Crippen LogP) is 4.33. The topological polar surface area (TPSA) is 50.8 Å². The van der Waals surface area contributed by atoms with Crippen LogP contribution >= 0.6 is 0 Å². The molecule has 1 saturated heterocycles. The molecule has 0 aromatic heterocycles. The Hall–Kier alpha value is -1.59. The van der Waals surface area contributed by atoms with E-state index in [0.29, 0.717) is 25.0 Å². The van der Waals surface area contributed by atoms with Gasteiger partial charge in [-0.25, -0.2) is 0 Å². The van der Waals surface area contributed by atoms with Crippen molar-refractivity contribution in [2.45, 2.75) is 65.0 Å². The van der Waals surface area contributed by atoms with Gasteiger partial charge < -0.3 is 14.8 Å². The van der Waals surface area contributed by atoms with Gasteiger partial charge in [0.15, 0.2) is 0 Å². The fraction of sp³-hybridized carbons (Fsp3) is 0.682. The molecule has 1 aliphatic rings. The van der Waals surface area contributed by atoms with Crippen LogP contribution in [0.4, 0.5) is 5.69 Å². The molecule has 5 heteroatoms. The lowest BCUT2D eigenvalue weighted by atomic mass is 9.93. The second-order valence-electron chi connectivity index (χ2n) is 8.24. The zero-order valence-electron chi connectivity index (χ0n) is 17.6. The summed E-state index contributed by atoms with van der Waals surface area (Å²) in [5.41, 5.74) is -0.0712. The van der Waals surface area contributed by atoms with Gasteiger partial charge in [0, 0.05) is 25.4 Å². The standard InChI is InChI=1S/C22H36N2O3/c1-17(2)16-22(4,26-5)21(25)23-19-9-11-20(12-10-19)27-15-14-24-13-7-6-8-18(24)3/h9-12,17-18H,6-8,13-16H2,1-5H3,(H,23,25)/t18-,22+/m1/s1. The van der Waals surface area contributed by atoms with Gasteiger partial charge in [-0.3, -0.25) is 9.69 Å². The van der Waals surface area contributed by atoms with Crippen molar-refractivity contribution in [3.05, 3.63) is 24.3 Å². The highest BCUT2D eigenvalue weighted by Gasteiger charge is 2.33. The third-order valence-corrected chi connectivity index (χ3v) is 5.43. The van der Waals surface area contributed by atoms with E-state index in [1.807, 2.05) is 31.2 Å². The van der Waals surface area contributed by atoms with Gasteiger partial charge in [0.1, 0.15) is 18.0 Å². The van der Waals surface area contributed by atoms with Crippen LogP contribution < -0.4 is 10.1 Å². The van der Waals surface area contributed by atoms with E-state index in [2.05, 4.69) is 31.0 Å². The Labute approximate surface area is 164 Å². The number of ether oxygens (including phenoxy) is 2. The van der Waals surface area contributed by atoms with Gasteiger partial charge in [0.2, 0.25) is 0 Å². The number of rotatable bonds is 9. The number of benzene rings is 1. The van der Waals surface area contributed by atoms with Crippen LogP contribution in [0.1, 0.15) is 53.4 Å². The molecule has 27 heavy (non-hydrogen) atoms. The smallest absolute Gasteiger partial charge is 0.256 e. The number of piperidine rings is 1. The summed E-state index contributed by atoms with van der Waals surface area (Å²) in [5, 5.41) is 2.95. The Morgan fingerprint density at radius 1 is 1.30 bits per heavy atom. The maximum atomic E-state index is 12.6. The Kier molecular flexibility index (Phi) is 8.11. The van der Waals surface area contributed by atoms with Crippen LogP contribution in [0.5, 0.6) is 5.75 Å². The second kappa shape index (κ2) is 10.1. The number of hydrogen-bond donors (Lipinski definition) is 1. The van der Waals surface area contributed by atoms with Crippen molar-refractivity contribution in [2.75, 3.05) is 32.1 Å². The number of hydrogen-bond acceptors (Lipinski definition) is 4. The first-order chi connectivity index (χ1) is 12.8. The number of amides is 1.